The molecular formula is C15H17N7O2. The summed E-state index contributed by atoms with van der Waals surface area (Å²) < 4.78 is 5.34. The van der Waals surface area contributed by atoms with E-state index in [1.165, 1.54) is 6.33 Å². The highest BCUT2D eigenvalue weighted by molar-refractivity contribution is 5.94. The molecule has 9 nitrogen and oxygen atoms in total. The van der Waals surface area contributed by atoms with Crippen molar-refractivity contribution in [3.05, 3.63) is 42.3 Å². The molecule has 0 saturated heterocycles. The van der Waals surface area contributed by atoms with Crippen molar-refractivity contribution in [1.82, 2.24) is 35.6 Å². The van der Waals surface area contributed by atoms with E-state index in [0.717, 1.165) is 0 Å². The Hall–Kier alpha value is -3.10. The van der Waals surface area contributed by atoms with Crippen molar-refractivity contribution in [2.75, 3.05) is 0 Å². The molecule has 3 aromatic rings. The van der Waals surface area contributed by atoms with Gasteiger partial charge in [0.05, 0.1) is 0 Å². The number of H-pyrrole nitrogens is 1. The molecule has 3 heterocycles. The summed E-state index contributed by atoms with van der Waals surface area (Å²) in [6, 6.07) is 2.81. The summed E-state index contributed by atoms with van der Waals surface area (Å²) in [6.07, 6.45) is 4.49. The summed E-state index contributed by atoms with van der Waals surface area (Å²) in [6.45, 7) is 5.93. The third-order valence-electron chi connectivity index (χ3n) is 3.40. The fourth-order valence-electron chi connectivity index (χ4n) is 2.13. The second-order valence-electron chi connectivity index (χ2n) is 6.30. The van der Waals surface area contributed by atoms with Crippen LogP contribution in [0.5, 0.6) is 0 Å². The number of hydrogen-bond donors (Lipinski definition) is 2. The smallest absolute Gasteiger partial charge is 0.252 e. The third-order valence-corrected chi connectivity index (χ3v) is 3.40. The van der Waals surface area contributed by atoms with Crippen molar-refractivity contribution in [2.45, 2.75) is 26.8 Å². The molecule has 0 aliphatic carbocycles. The van der Waals surface area contributed by atoms with E-state index >= 15 is 0 Å². The molecular weight excluding hydrogens is 310 g/mol. The minimum Gasteiger partial charge on any atom is -0.340 e. The molecule has 0 aliphatic heterocycles. The second kappa shape index (κ2) is 6.19. The molecule has 0 radical (unpaired) electrons. The van der Waals surface area contributed by atoms with Crippen LogP contribution in [0.1, 0.15) is 43.1 Å². The lowest BCUT2D eigenvalue weighted by molar-refractivity contribution is 0.0880. The molecule has 0 saturated carbocycles. The second-order valence-corrected chi connectivity index (χ2v) is 6.30. The molecule has 3 aromatic heterocycles. The third kappa shape index (κ3) is 3.29. The molecule has 24 heavy (non-hydrogen) atoms. The van der Waals surface area contributed by atoms with Crippen molar-refractivity contribution < 1.29 is 9.32 Å². The van der Waals surface area contributed by atoms with Crippen LogP contribution < -0.4 is 5.32 Å². The van der Waals surface area contributed by atoms with Crippen LogP contribution in [-0.4, -0.2) is 36.2 Å². The van der Waals surface area contributed by atoms with Crippen LogP contribution >= 0.6 is 0 Å². The van der Waals surface area contributed by atoms with E-state index in [1.54, 1.807) is 24.5 Å². The number of aromatic amines is 1. The molecule has 3 rings (SSSR count). The molecule has 9 heteroatoms. The Morgan fingerprint density at radius 1 is 1.29 bits per heavy atom. The zero-order valence-electron chi connectivity index (χ0n) is 13.5. The normalized spacial score (nSPS) is 12.8. The first-order chi connectivity index (χ1) is 11.4. The first-order valence-electron chi connectivity index (χ1n) is 7.35. The highest BCUT2D eigenvalue weighted by atomic mass is 16.5. The zero-order chi connectivity index (χ0) is 17.2. The lowest BCUT2D eigenvalue weighted by Crippen LogP contribution is -2.36. The van der Waals surface area contributed by atoms with Gasteiger partial charge in [-0.15, -0.1) is 0 Å². The monoisotopic (exact) mass is 327 g/mol. The largest absolute Gasteiger partial charge is 0.340 e. The average Bonchev–Trinajstić information content (AvgIpc) is 3.23. The van der Waals surface area contributed by atoms with Crippen LogP contribution in [-0.2, 0) is 0 Å². The lowest BCUT2D eigenvalue weighted by Gasteiger charge is -2.28. The SMILES string of the molecule is CC(C)(C)[C@@H](NC(=O)c1ccncc1)c1nc(-c2ncn[nH]2)no1. The van der Waals surface area contributed by atoms with Crippen LogP contribution in [0.4, 0.5) is 0 Å². The summed E-state index contributed by atoms with van der Waals surface area (Å²) in [5, 5.41) is 13.3. The van der Waals surface area contributed by atoms with Crippen LogP contribution in [0.25, 0.3) is 11.6 Å². The predicted octanol–water partition coefficient (Wildman–Crippen LogP) is 1.77. The van der Waals surface area contributed by atoms with Crippen molar-refractivity contribution in [3.63, 3.8) is 0 Å². The summed E-state index contributed by atoms with van der Waals surface area (Å²) in [5.41, 5.74) is 0.169. The van der Waals surface area contributed by atoms with Gasteiger partial charge in [-0.05, 0) is 17.5 Å². The van der Waals surface area contributed by atoms with E-state index in [4.69, 9.17) is 4.52 Å². The van der Waals surface area contributed by atoms with Gasteiger partial charge < -0.3 is 9.84 Å². The highest BCUT2D eigenvalue weighted by Crippen LogP contribution is 2.32. The van der Waals surface area contributed by atoms with E-state index in [9.17, 15) is 4.79 Å². The van der Waals surface area contributed by atoms with Gasteiger partial charge in [0.25, 0.3) is 5.91 Å². The quantitative estimate of drug-likeness (QED) is 0.748. The number of aromatic nitrogens is 6. The number of rotatable bonds is 4. The van der Waals surface area contributed by atoms with Gasteiger partial charge in [-0.2, -0.15) is 10.1 Å². The van der Waals surface area contributed by atoms with E-state index in [1.807, 2.05) is 20.8 Å². The van der Waals surface area contributed by atoms with Crippen LogP contribution in [0.2, 0.25) is 0 Å². The maximum atomic E-state index is 12.5. The Morgan fingerprint density at radius 2 is 2.04 bits per heavy atom. The van der Waals surface area contributed by atoms with E-state index in [-0.39, 0.29) is 17.1 Å². The summed E-state index contributed by atoms with van der Waals surface area (Å²) in [7, 11) is 0. The fourth-order valence-corrected chi connectivity index (χ4v) is 2.13. The molecule has 0 spiro atoms. The number of nitrogens with zero attached hydrogens (tertiary/aromatic N) is 5. The molecule has 2 N–H and O–H groups in total. The Kier molecular flexibility index (Phi) is 4.07. The number of nitrogens with one attached hydrogen (secondary N) is 2. The standard InChI is InChI=1S/C15H17N7O2/c1-15(2,3)10(19-13(23)9-4-6-16-7-5-9)14-20-12(22-24-14)11-17-8-18-21-11/h4-8,10H,1-3H3,(H,19,23)(H,17,18,21)/t10-/m0/s1. The zero-order valence-corrected chi connectivity index (χ0v) is 13.5. The Balaban J connectivity index is 1.86. The topological polar surface area (TPSA) is 122 Å². The van der Waals surface area contributed by atoms with E-state index in [2.05, 4.69) is 35.6 Å². The first kappa shape index (κ1) is 15.8. The van der Waals surface area contributed by atoms with Crippen molar-refractivity contribution in [1.29, 1.82) is 0 Å². The maximum absolute atomic E-state index is 12.5. The molecule has 124 valence electrons. The van der Waals surface area contributed by atoms with E-state index < -0.39 is 6.04 Å². The van der Waals surface area contributed by atoms with Crippen molar-refractivity contribution >= 4 is 5.91 Å². The fraction of sp³-hybridized carbons (Fsp3) is 0.333. The highest BCUT2D eigenvalue weighted by Gasteiger charge is 2.33. The van der Waals surface area contributed by atoms with Gasteiger partial charge >= 0.3 is 0 Å². The summed E-state index contributed by atoms with van der Waals surface area (Å²) in [5.74, 6) is 0.751. The van der Waals surface area contributed by atoms with Crippen molar-refractivity contribution in [3.8, 4) is 11.6 Å². The molecule has 0 bridgehead atoms. The maximum Gasteiger partial charge on any atom is 0.252 e. The Bertz CT molecular complexity index is 806. The molecule has 0 aromatic carbocycles. The van der Waals surface area contributed by atoms with Crippen LogP contribution in [0, 0.1) is 5.41 Å². The van der Waals surface area contributed by atoms with Gasteiger partial charge in [-0.1, -0.05) is 25.9 Å². The molecule has 1 atom stereocenters. The number of carbonyl (C=O) groups is 1. The van der Waals surface area contributed by atoms with Gasteiger partial charge in [-0.3, -0.25) is 14.9 Å². The number of amides is 1. The molecule has 0 unspecified atom stereocenters. The number of carbonyl (C=O) groups excluding carboxylic acids is 1. The molecule has 1 amide bonds. The van der Waals surface area contributed by atoms with Gasteiger partial charge in [0.1, 0.15) is 12.4 Å². The van der Waals surface area contributed by atoms with Gasteiger partial charge in [0.15, 0.2) is 5.82 Å². The van der Waals surface area contributed by atoms with Crippen LogP contribution in [0.15, 0.2) is 35.4 Å². The minimum atomic E-state index is -0.470. The van der Waals surface area contributed by atoms with Crippen LogP contribution in [0.3, 0.4) is 0 Å². The van der Waals surface area contributed by atoms with Gasteiger partial charge in [-0.25, -0.2) is 4.98 Å². The molecule has 0 fully saturated rings. The Morgan fingerprint density at radius 3 is 2.67 bits per heavy atom. The van der Waals surface area contributed by atoms with E-state index in [0.29, 0.717) is 17.3 Å². The van der Waals surface area contributed by atoms with Gasteiger partial charge in [0, 0.05) is 18.0 Å². The average molecular weight is 327 g/mol. The minimum absolute atomic E-state index is 0.239. The number of pyridine rings is 1. The van der Waals surface area contributed by atoms with Crippen molar-refractivity contribution in [2.24, 2.45) is 5.41 Å². The number of hydrogen-bond acceptors (Lipinski definition) is 7. The lowest BCUT2D eigenvalue weighted by atomic mass is 9.86. The summed E-state index contributed by atoms with van der Waals surface area (Å²) in [4.78, 5) is 24.7. The summed E-state index contributed by atoms with van der Waals surface area (Å²) >= 11 is 0. The Labute approximate surface area is 137 Å². The van der Waals surface area contributed by atoms with Gasteiger partial charge in [0.2, 0.25) is 11.7 Å². The molecule has 0 aliphatic rings. The first-order valence-corrected chi connectivity index (χ1v) is 7.35. The predicted molar refractivity (Wildman–Crippen MR) is 83.6 cm³/mol.